The number of rotatable bonds is 4. The van der Waals surface area contributed by atoms with Gasteiger partial charge in [-0.05, 0) is 65.7 Å². The molecule has 5 nitrogen and oxygen atoms in total. The zero-order chi connectivity index (χ0) is 22.2. The first-order valence-corrected chi connectivity index (χ1v) is 10.9. The second-order valence-corrected chi connectivity index (χ2v) is 8.44. The molecule has 1 aromatic heterocycles. The van der Waals surface area contributed by atoms with Gasteiger partial charge in [-0.25, -0.2) is 4.98 Å². The highest BCUT2D eigenvalue weighted by Gasteiger charge is 2.17. The Morgan fingerprint density at radius 1 is 1.00 bits per heavy atom. The van der Waals surface area contributed by atoms with Crippen molar-refractivity contribution in [3.8, 4) is 17.2 Å². The number of aryl methyl sites for hydroxylation is 1. The van der Waals surface area contributed by atoms with Gasteiger partial charge in [0, 0.05) is 15.7 Å². The average Bonchev–Trinajstić information content (AvgIpc) is 3.21. The molecule has 5 rings (SSSR count). The molecule has 0 aliphatic rings. The van der Waals surface area contributed by atoms with E-state index in [0.717, 1.165) is 26.4 Å². The summed E-state index contributed by atoms with van der Waals surface area (Å²) in [5, 5.41) is 5.22. The number of benzene rings is 4. The third kappa shape index (κ3) is 3.74. The standard InChI is InChI=1S/C26H19BrN2O3/c1-15-11-19(27)13-21(24(15)31-2)25(30)28-20-9-10-23-22(14-20)29-26(32-23)18-8-7-16-5-3-4-6-17(16)12-18/h3-14H,1-2H3,(H,28,30). The maximum atomic E-state index is 12.9. The zero-order valence-corrected chi connectivity index (χ0v) is 19.1. The van der Waals surface area contributed by atoms with Crippen LogP contribution in [-0.2, 0) is 0 Å². The molecule has 0 fully saturated rings. The molecular weight excluding hydrogens is 468 g/mol. The maximum Gasteiger partial charge on any atom is 0.259 e. The molecule has 5 aromatic rings. The quantitative estimate of drug-likeness (QED) is 0.297. The molecule has 0 bridgehead atoms. The molecule has 0 atom stereocenters. The number of oxazole rings is 1. The minimum Gasteiger partial charge on any atom is -0.496 e. The third-order valence-electron chi connectivity index (χ3n) is 5.33. The van der Waals surface area contributed by atoms with Crippen LogP contribution < -0.4 is 10.1 Å². The Hall–Kier alpha value is -3.64. The first kappa shape index (κ1) is 20.3. The first-order chi connectivity index (χ1) is 15.5. The number of methoxy groups -OCH3 is 1. The van der Waals surface area contributed by atoms with E-state index in [-0.39, 0.29) is 5.91 Å². The van der Waals surface area contributed by atoms with E-state index in [0.29, 0.717) is 34.0 Å². The number of anilines is 1. The SMILES string of the molecule is COc1c(C)cc(Br)cc1C(=O)Nc1ccc2oc(-c3ccc4ccccc4c3)nc2c1. The molecule has 158 valence electrons. The molecular formula is C26H19BrN2O3. The van der Waals surface area contributed by atoms with Crippen molar-refractivity contribution in [2.24, 2.45) is 0 Å². The number of carbonyl (C=O) groups excluding carboxylic acids is 1. The van der Waals surface area contributed by atoms with Crippen molar-refractivity contribution < 1.29 is 13.9 Å². The lowest BCUT2D eigenvalue weighted by molar-refractivity contribution is 0.102. The van der Waals surface area contributed by atoms with Crippen molar-refractivity contribution in [1.82, 2.24) is 4.98 Å². The van der Waals surface area contributed by atoms with Gasteiger partial charge < -0.3 is 14.5 Å². The van der Waals surface area contributed by atoms with Crippen LogP contribution in [0.25, 0.3) is 33.3 Å². The van der Waals surface area contributed by atoms with Gasteiger partial charge in [0.05, 0.1) is 12.7 Å². The molecule has 0 saturated heterocycles. The molecule has 0 spiro atoms. The Balaban J connectivity index is 1.46. The smallest absolute Gasteiger partial charge is 0.259 e. The normalized spacial score (nSPS) is 11.1. The van der Waals surface area contributed by atoms with Gasteiger partial charge in [-0.3, -0.25) is 4.79 Å². The van der Waals surface area contributed by atoms with Crippen LogP contribution in [0.5, 0.6) is 5.75 Å². The number of ether oxygens (including phenoxy) is 1. The Bertz CT molecular complexity index is 1490. The number of hydrogen-bond donors (Lipinski definition) is 1. The molecule has 0 unspecified atom stereocenters. The van der Waals surface area contributed by atoms with Gasteiger partial charge in [0.25, 0.3) is 5.91 Å². The number of fused-ring (bicyclic) bond motifs is 2. The average molecular weight is 487 g/mol. The van der Waals surface area contributed by atoms with Crippen LogP contribution in [0.2, 0.25) is 0 Å². The van der Waals surface area contributed by atoms with E-state index in [4.69, 9.17) is 9.15 Å². The number of nitrogens with zero attached hydrogens (tertiary/aromatic N) is 1. The number of hydrogen-bond acceptors (Lipinski definition) is 4. The lowest BCUT2D eigenvalue weighted by atomic mass is 10.1. The highest BCUT2D eigenvalue weighted by molar-refractivity contribution is 9.10. The van der Waals surface area contributed by atoms with Crippen LogP contribution in [0.3, 0.4) is 0 Å². The molecule has 1 heterocycles. The van der Waals surface area contributed by atoms with Crippen LogP contribution in [-0.4, -0.2) is 18.0 Å². The Morgan fingerprint density at radius 3 is 2.62 bits per heavy atom. The van der Waals surface area contributed by atoms with E-state index >= 15 is 0 Å². The fraction of sp³-hybridized carbons (Fsp3) is 0.0769. The van der Waals surface area contributed by atoms with Gasteiger partial charge >= 0.3 is 0 Å². The molecule has 4 aromatic carbocycles. The summed E-state index contributed by atoms with van der Waals surface area (Å²) in [5.74, 6) is 0.828. The van der Waals surface area contributed by atoms with Crippen molar-refractivity contribution >= 4 is 49.4 Å². The van der Waals surface area contributed by atoms with Gasteiger partial charge in [-0.15, -0.1) is 0 Å². The van der Waals surface area contributed by atoms with E-state index < -0.39 is 0 Å². The minimum atomic E-state index is -0.260. The largest absolute Gasteiger partial charge is 0.496 e. The van der Waals surface area contributed by atoms with Crippen molar-refractivity contribution in [2.45, 2.75) is 6.92 Å². The minimum absolute atomic E-state index is 0.260. The maximum absolute atomic E-state index is 12.9. The lowest BCUT2D eigenvalue weighted by Gasteiger charge is -2.12. The molecule has 6 heteroatoms. The molecule has 0 saturated carbocycles. The van der Waals surface area contributed by atoms with Crippen LogP contribution in [0.1, 0.15) is 15.9 Å². The van der Waals surface area contributed by atoms with Gasteiger partial charge in [0.15, 0.2) is 5.58 Å². The van der Waals surface area contributed by atoms with Crippen molar-refractivity contribution in [2.75, 3.05) is 12.4 Å². The first-order valence-electron chi connectivity index (χ1n) is 10.1. The Kier molecular flexibility index (Phi) is 5.15. The summed E-state index contributed by atoms with van der Waals surface area (Å²) >= 11 is 3.44. The molecule has 0 aliphatic heterocycles. The van der Waals surface area contributed by atoms with Gasteiger partial charge in [-0.1, -0.05) is 46.3 Å². The zero-order valence-electron chi connectivity index (χ0n) is 17.5. The van der Waals surface area contributed by atoms with E-state index in [1.165, 1.54) is 0 Å². The van der Waals surface area contributed by atoms with Gasteiger partial charge in [0.1, 0.15) is 11.3 Å². The van der Waals surface area contributed by atoms with Crippen LogP contribution in [0.15, 0.2) is 81.7 Å². The van der Waals surface area contributed by atoms with Crippen LogP contribution in [0, 0.1) is 6.92 Å². The Labute approximate surface area is 193 Å². The number of amides is 1. The van der Waals surface area contributed by atoms with Gasteiger partial charge in [0.2, 0.25) is 5.89 Å². The summed E-state index contributed by atoms with van der Waals surface area (Å²) in [6.07, 6.45) is 0. The summed E-state index contributed by atoms with van der Waals surface area (Å²) in [6.45, 7) is 1.90. The monoisotopic (exact) mass is 486 g/mol. The van der Waals surface area contributed by atoms with Crippen molar-refractivity contribution in [3.63, 3.8) is 0 Å². The second kappa shape index (κ2) is 8.13. The molecule has 0 radical (unpaired) electrons. The summed E-state index contributed by atoms with van der Waals surface area (Å²) < 4.78 is 12.2. The predicted molar refractivity (Wildman–Crippen MR) is 130 cm³/mol. The van der Waals surface area contributed by atoms with Crippen molar-refractivity contribution in [1.29, 1.82) is 0 Å². The summed E-state index contributed by atoms with van der Waals surface area (Å²) in [7, 11) is 1.56. The molecule has 1 N–H and O–H groups in total. The van der Waals surface area contributed by atoms with Crippen LogP contribution in [0.4, 0.5) is 5.69 Å². The van der Waals surface area contributed by atoms with E-state index in [2.05, 4.69) is 50.5 Å². The topological polar surface area (TPSA) is 64.4 Å². The fourth-order valence-corrected chi connectivity index (χ4v) is 4.39. The summed E-state index contributed by atoms with van der Waals surface area (Å²) in [4.78, 5) is 17.6. The summed E-state index contributed by atoms with van der Waals surface area (Å²) in [5.41, 5.74) is 4.18. The number of carbonyl (C=O) groups is 1. The van der Waals surface area contributed by atoms with Gasteiger partial charge in [-0.2, -0.15) is 0 Å². The number of halogens is 1. The molecule has 32 heavy (non-hydrogen) atoms. The molecule has 0 aliphatic carbocycles. The highest BCUT2D eigenvalue weighted by atomic mass is 79.9. The highest BCUT2D eigenvalue weighted by Crippen LogP contribution is 2.31. The van der Waals surface area contributed by atoms with E-state index in [1.807, 2.05) is 37.3 Å². The third-order valence-corrected chi connectivity index (χ3v) is 5.79. The predicted octanol–water partition coefficient (Wildman–Crippen LogP) is 6.98. The summed E-state index contributed by atoms with van der Waals surface area (Å²) in [6, 6.07) is 23.3. The van der Waals surface area contributed by atoms with E-state index in [9.17, 15) is 4.79 Å². The number of nitrogens with one attached hydrogen (secondary N) is 1. The van der Waals surface area contributed by atoms with Crippen LogP contribution >= 0.6 is 15.9 Å². The van der Waals surface area contributed by atoms with Crippen molar-refractivity contribution in [3.05, 3.63) is 88.4 Å². The number of aromatic nitrogens is 1. The second-order valence-electron chi connectivity index (χ2n) is 7.52. The molecule has 1 amide bonds. The van der Waals surface area contributed by atoms with E-state index in [1.54, 1.807) is 25.3 Å². The fourth-order valence-electron chi connectivity index (χ4n) is 3.82. The Morgan fingerprint density at radius 2 is 1.81 bits per heavy atom. The lowest BCUT2D eigenvalue weighted by Crippen LogP contribution is -2.13.